The van der Waals surface area contributed by atoms with Crippen molar-refractivity contribution < 1.29 is 9.90 Å². The van der Waals surface area contributed by atoms with Crippen LogP contribution in [0.1, 0.15) is 25.8 Å². The normalized spacial score (nSPS) is 18.6. The number of hydrogen-bond acceptors (Lipinski definition) is 3. The number of rotatable bonds is 4. The molecule has 0 aromatic heterocycles. The number of benzene rings is 1. The zero-order valence-electron chi connectivity index (χ0n) is 10.8. The molecule has 98 valence electrons. The van der Waals surface area contributed by atoms with Crippen LogP contribution in [-0.4, -0.2) is 29.4 Å². The lowest BCUT2D eigenvalue weighted by atomic mass is 10.1. The van der Waals surface area contributed by atoms with Gasteiger partial charge < -0.3 is 10.0 Å². The van der Waals surface area contributed by atoms with E-state index in [2.05, 4.69) is 36.9 Å². The van der Waals surface area contributed by atoms with Gasteiger partial charge in [-0.1, -0.05) is 13.0 Å². The molecule has 1 aromatic carbocycles. The molecule has 1 unspecified atom stereocenters. The van der Waals surface area contributed by atoms with E-state index in [0.717, 1.165) is 12.2 Å². The van der Waals surface area contributed by atoms with Gasteiger partial charge in [-0.05, 0) is 31.0 Å². The molecule has 1 N–H and O–H groups in total. The topological polar surface area (TPSA) is 40.5 Å². The molecule has 0 amide bonds. The Bertz CT molecular complexity index is 447. The van der Waals surface area contributed by atoms with Crippen molar-refractivity contribution in [2.75, 3.05) is 17.2 Å². The molecular formula is C14H19NO2S. The summed E-state index contributed by atoms with van der Waals surface area (Å²) in [6.07, 6.45) is 1.24. The zero-order chi connectivity index (χ0) is 13.1. The maximum absolute atomic E-state index is 10.7. The lowest BCUT2D eigenvalue weighted by Crippen LogP contribution is -2.39. The maximum Gasteiger partial charge on any atom is 0.305 e. The standard InChI is InChI=1S/C14H19NO2S/c1-3-11-4-5-12-13(8-11)18-9-10(2)15(12)7-6-14(16)17/h4-5,8,10H,3,6-7,9H2,1-2H3,(H,16,17). The molecule has 3 nitrogen and oxygen atoms in total. The van der Waals surface area contributed by atoms with Gasteiger partial charge in [-0.15, -0.1) is 11.8 Å². The third-order valence-corrected chi connectivity index (χ3v) is 4.61. The Balaban J connectivity index is 2.23. The van der Waals surface area contributed by atoms with Crippen molar-refractivity contribution in [3.63, 3.8) is 0 Å². The fraction of sp³-hybridized carbons (Fsp3) is 0.500. The Morgan fingerprint density at radius 3 is 3.00 bits per heavy atom. The van der Waals surface area contributed by atoms with Crippen LogP contribution < -0.4 is 4.90 Å². The predicted octanol–water partition coefficient (Wildman–Crippen LogP) is 3.02. The fourth-order valence-electron chi connectivity index (χ4n) is 2.23. The summed E-state index contributed by atoms with van der Waals surface area (Å²) in [6.45, 7) is 4.90. The fourth-order valence-corrected chi connectivity index (χ4v) is 3.39. The Kier molecular flexibility index (Phi) is 4.17. The summed E-state index contributed by atoms with van der Waals surface area (Å²) < 4.78 is 0. The van der Waals surface area contributed by atoms with E-state index in [-0.39, 0.29) is 6.42 Å². The second-order valence-corrected chi connectivity index (χ2v) is 5.71. The molecule has 0 saturated carbocycles. The highest BCUT2D eigenvalue weighted by Gasteiger charge is 2.23. The van der Waals surface area contributed by atoms with Crippen molar-refractivity contribution in [2.45, 2.75) is 37.6 Å². The van der Waals surface area contributed by atoms with Crippen LogP contribution in [0.5, 0.6) is 0 Å². The summed E-state index contributed by atoms with van der Waals surface area (Å²) in [5.41, 5.74) is 2.53. The Hall–Kier alpha value is -1.16. The number of aryl methyl sites for hydroxylation is 1. The van der Waals surface area contributed by atoms with Crippen molar-refractivity contribution in [1.82, 2.24) is 0 Å². The van der Waals surface area contributed by atoms with Crippen LogP contribution in [-0.2, 0) is 11.2 Å². The largest absolute Gasteiger partial charge is 0.481 e. The first-order chi connectivity index (χ1) is 8.61. The smallest absolute Gasteiger partial charge is 0.305 e. The van der Waals surface area contributed by atoms with Gasteiger partial charge in [0.1, 0.15) is 0 Å². The van der Waals surface area contributed by atoms with E-state index in [1.54, 1.807) is 0 Å². The van der Waals surface area contributed by atoms with Crippen molar-refractivity contribution in [3.05, 3.63) is 23.8 Å². The second kappa shape index (κ2) is 5.65. The third kappa shape index (κ3) is 2.80. The van der Waals surface area contributed by atoms with E-state index < -0.39 is 5.97 Å². The van der Waals surface area contributed by atoms with E-state index in [0.29, 0.717) is 12.6 Å². The molecule has 4 heteroatoms. The first kappa shape index (κ1) is 13.3. The van der Waals surface area contributed by atoms with Crippen LogP contribution in [0.2, 0.25) is 0 Å². The monoisotopic (exact) mass is 265 g/mol. The number of carbonyl (C=O) groups is 1. The van der Waals surface area contributed by atoms with Crippen LogP contribution >= 0.6 is 11.8 Å². The van der Waals surface area contributed by atoms with Gasteiger partial charge in [0.25, 0.3) is 0 Å². The quantitative estimate of drug-likeness (QED) is 0.908. The number of hydrogen-bond donors (Lipinski definition) is 1. The Morgan fingerprint density at radius 2 is 2.33 bits per heavy atom. The van der Waals surface area contributed by atoms with Crippen molar-refractivity contribution >= 4 is 23.4 Å². The SMILES string of the molecule is CCc1ccc2c(c1)SCC(C)N2CCC(=O)O. The summed E-state index contributed by atoms with van der Waals surface area (Å²) in [4.78, 5) is 14.2. The first-order valence-corrected chi connectivity index (χ1v) is 7.34. The molecule has 18 heavy (non-hydrogen) atoms. The minimum Gasteiger partial charge on any atom is -0.481 e. The molecule has 1 aliphatic heterocycles. The molecule has 1 atom stereocenters. The number of aliphatic carboxylic acids is 1. The molecule has 1 aromatic rings. The zero-order valence-corrected chi connectivity index (χ0v) is 11.7. The van der Waals surface area contributed by atoms with Gasteiger partial charge >= 0.3 is 5.97 Å². The number of nitrogens with zero attached hydrogens (tertiary/aromatic N) is 1. The molecule has 0 bridgehead atoms. The highest BCUT2D eigenvalue weighted by Crippen LogP contribution is 2.38. The van der Waals surface area contributed by atoms with E-state index in [1.807, 2.05) is 11.8 Å². The number of carboxylic acid groups (broad SMARTS) is 1. The average Bonchev–Trinajstić information content (AvgIpc) is 2.36. The molecular weight excluding hydrogens is 246 g/mol. The van der Waals surface area contributed by atoms with Crippen molar-refractivity contribution in [1.29, 1.82) is 0 Å². The van der Waals surface area contributed by atoms with E-state index in [4.69, 9.17) is 5.11 Å². The van der Waals surface area contributed by atoms with Crippen molar-refractivity contribution in [3.8, 4) is 0 Å². The third-order valence-electron chi connectivity index (χ3n) is 3.32. The van der Waals surface area contributed by atoms with Crippen LogP contribution in [0, 0.1) is 0 Å². The second-order valence-electron chi connectivity index (χ2n) is 4.65. The van der Waals surface area contributed by atoms with Crippen LogP contribution in [0.4, 0.5) is 5.69 Å². The summed E-state index contributed by atoms with van der Waals surface area (Å²) in [6, 6.07) is 6.91. The number of carboxylic acids is 1. The lowest BCUT2D eigenvalue weighted by Gasteiger charge is -2.36. The molecule has 0 radical (unpaired) electrons. The van der Waals surface area contributed by atoms with Gasteiger partial charge in [0, 0.05) is 23.2 Å². The van der Waals surface area contributed by atoms with Crippen molar-refractivity contribution in [2.24, 2.45) is 0 Å². The van der Waals surface area contributed by atoms with Gasteiger partial charge in [-0.25, -0.2) is 0 Å². The molecule has 0 saturated heterocycles. The summed E-state index contributed by atoms with van der Waals surface area (Å²) >= 11 is 1.88. The van der Waals surface area contributed by atoms with Gasteiger partial charge in [-0.2, -0.15) is 0 Å². The highest BCUT2D eigenvalue weighted by atomic mass is 32.2. The molecule has 0 aliphatic carbocycles. The van der Waals surface area contributed by atoms with E-state index in [1.165, 1.54) is 16.1 Å². The summed E-state index contributed by atoms with van der Waals surface area (Å²) in [5, 5.41) is 8.83. The average molecular weight is 265 g/mol. The van der Waals surface area contributed by atoms with Gasteiger partial charge in [-0.3, -0.25) is 4.79 Å². The Morgan fingerprint density at radius 1 is 1.56 bits per heavy atom. The van der Waals surface area contributed by atoms with Crippen LogP contribution in [0.25, 0.3) is 0 Å². The number of thioether (sulfide) groups is 1. The number of fused-ring (bicyclic) bond motifs is 1. The lowest BCUT2D eigenvalue weighted by molar-refractivity contribution is -0.136. The molecule has 0 fully saturated rings. The molecule has 1 aliphatic rings. The van der Waals surface area contributed by atoms with E-state index >= 15 is 0 Å². The predicted molar refractivity (Wildman–Crippen MR) is 75.6 cm³/mol. The maximum atomic E-state index is 10.7. The van der Waals surface area contributed by atoms with Gasteiger partial charge in [0.15, 0.2) is 0 Å². The minimum atomic E-state index is -0.729. The van der Waals surface area contributed by atoms with Gasteiger partial charge in [0.2, 0.25) is 0 Å². The minimum absolute atomic E-state index is 0.198. The van der Waals surface area contributed by atoms with Crippen LogP contribution in [0.3, 0.4) is 0 Å². The first-order valence-electron chi connectivity index (χ1n) is 6.36. The van der Waals surface area contributed by atoms with Crippen LogP contribution in [0.15, 0.2) is 23.1 Å². The molecule has 0 spiro atoms. The molecule has 1 heterocycles. The summed E-state index contributed by atoms with van der Waals surface area (Å²) in [7, 11) is 0. The summed E-state index contributed by atoms with van der Waals surface area (Å²) in [5.74, 6) is 0.298. The molecule has 2 rings (SSSR count). The van der Waals surface area contributed by atoms with E-state index in [9.17, 15) is 4.79 Å². The number of anilines is 1. The van der Waals surface area contributed by atoms with Gasteiger partial charge in [0.05, 0.1) is 12.1 Å². The highest BCUT2D eigenvalue weighted by molar-refractivity contribution is 7.99. The Labute approximate surface area is 112 Å².